The average molecular weight is 457 g/mol. The molecule has 0 radical (unpaired) electrons. The lowest BCUT2D eigenvalue weighted by Crippen LogP contribution is -2.17. The number of nitrogens with two attached hydrogens (primary N) is 1. The van der Waals surface area contributed by atoms with Gasteiger partial charge < -0.3 is 5.11 Å². The van der Waals surface area contributed by atoms with Crippen LogP contribution in [0.15, 0.2) is 52.7 Å². The van der Waals surface area contributed by atoms with Crippen molar-refractivity contribution in [3.63, 3.8) is 0 Å². The molecule has 2 aromatic carbocycles. The van der Waals surface area contributed by atoms with Gasteiger partial charge in [-0.15, -0.1) is 11.3 Å². The van der Waals surface area contributed by atoms with Gasteiger partial charge in [-0.05, 0) is 54.5 Å². The Morgan fingerprint density at radius 3 is 2.48 bits per heavy atom. The molecule has 31 heavy (non-hydrogen) atoms. The zero-order valence-corrected chi connectivity index (χ0v) is 18.6. The number of nitrogens with zero attached hydrogens (tertiary/aromatic N) is 1. The number of aromatic nitrogens is 1. The predicted molar refractivity (Wildman–Crippen MR) is 120 cm³/mol. The molecular formula is C23H24N2O4S2. The highest BCUT2D eigenvalue weighted by Gasteiger charge is 2.23. The molecule has 0 unspecified atom stereocenters. The molecule has 1 aliphatic carbocycles. The molecule has 1 heterocycles. The number of aromatic carboxylic acids is 1. The molecule has 0 amide bonds. The van der Waals surface area contributed by atoms with Crippen LogP contribution in [0.5, 0.6) is 0 Å². The van der Waals surface area contributed by atoms with Crippen molar-refractivity contribution in [1.82, 2.24) is 4.98 Å². The van der Waals surface area contributed by atoms with Crippen LogP contribution in [0.3, 0.4) is 0 Å². The monoisotopic (exact) mass is 456 g/mol. The minimum Gasteiger partial charge on any atom is -0.478 e. The molecule has 6 nitrogen and oxygen atoms in total. The van der Waals surface area contributed by atoms with Gasteiger partial charge in [0.1, 0.15) is 0 Å². The number of aryl methyl sites for hydroxylation is 2. The predicted octanol–water partition coefficient (Wildman–Crippen LogP) is 4.13. The zero-order chi connectivity index (χ0) is 22.0. The van der Waals surface area contributed by atoms with Gasteiger partial charge in [0, 0.05) is 17.7 Å². The van der Waals surface area contributed by atoms with Crippen LogP contribution in [-0.2, 0) is 29.3 Å². The molecule has 0 bridgehead atoms. The normalized spacial score (nSPS) is 14.4. The summed E-state index contributed by atoms with van der Waals surface area (Å²) in [5, 5.41) is 18.2. The second-order valence-corrected chi connectivity index (χ2v) is 10.3. The molecule has 4 rings (SSSR count). The maximum absolute atomic E-state index is 12.1. The summed E-state index contributed by atoms with van der Waals surface area (Å²) in [6.45, 7) is 0. The lowest BCUT2D eigenvalue weighted by atomic mass is 9.83. The minimum atomic E-state index is -4.05. The van der Waals surface area contributed by atoms with Crippen molar-refractivity contribution < 1.29 is 18.3 Å². The number of sulfonamides is 1. The first-order valence-corrected chi connectivity index (χ1v) is 12.6. The van der Waals surface area contributed by atoms with Crippen molar-refractivity contribution in [1.29, 1.82) is 0 Å². The smallest absolute Gasteiger partial charge is 0.336 e. The number of rotatable bonds is 8. The van der Waals surface area contributed by atoms with Crippen molar-refractivity contribution in [3.8, 4) is 0 Å². The molecule has 3 aromatic rings. The summed E-state index contributed by atoms with van der Waals surface area (Å²) in [4.78, 5) is 16.4. The maximum atomic E-state index is 12.1. The fourth-order valence-electron chi connectivity index (χ4n) is 3.95. The number of benzene rings is 2. The van der Waals surface area contributed by atoms with Gasteiger partial charge in [-0.25, -0.2) is 23.3 Å². The third-order valence-electron chi connectivity index (χ3n) is 5.86. The lowest BCUT2D eigenvalue weighted by Gasteiger charge is -2.23. The van der Waals surface area contributed by atoms with Crippen LogP contribution in [0.25, 0.3) is 0 Å². The fraction of sp³-hybridized carbons (Fsp3) is 0.304. The summed E-state index contributed by atoms with van der Waals surface area (Å²) < 4.78 is 24.2. The molecule has 1 aliphatic rings. The van der Waals surface area contributed by atoms with E-state index in [1.165, 1.54) is 43.2 Å². The molecular weight excluding hydrogens is 432 g/mol. The molecule has 1 fully saturated rings. The van der Waals surface area contributed by atoms with Crippen molar-refractivity contribution >= 4 is 27.3 Å². The van der Waals surface area contributed by atoms with E-state index in [1.807, 2.05) is 24.3 Å². The van der Waals surface area contributed by atoms with E-state index < -0.39 is 16.0 Å². The Morgan fingerprint density at radius 1 is 1.10 bits per heavy atom. The standard InChI is InChI=1S/C23H24N2O4S2/c24-31(28,29)21-10-4-9-18(23(26)27)19(21)13-17-6-2-1-5-15(17)11-12-22-25-20(14-30-22)16-7-3-8-16/h1-2,4-6,9-10,14,16H,3,7-8,11-13H2,(H,26,27)(H2,24,28,29). The second-order valence-electron chi connectivity index (χ2n) is 7.87. The van der Waals surface area contributed by atoms with Crippen LogP contribution in [0.1, 0.15) is 62.9 Å². The van der Waals surface area contributed by atoms with E-state index >= 15 is 0 Å². The van der Waals surface area contributed by atoms with E-state index in [1.54, 1.807) is 11.3 Å². The Hall–Kier alpha value is -2.55. The number of carboxylic acid groups (broad SMARTS) is 1. The highest BCUT2D eigenvalue weighted by molar-refractivity contribution is 7.89. The third-order valence-corrected chi connectivity index (χ3v) is 7.78. The van der Waals surface area contributed by atoms with Crippen LogP contribution in [-0.4, -0.2) is 24.5 Å². The van der Waals surface area contributed by atoms with Gasteiger partial charge in [0.15, 0.2) is 0 Å². The van der Waals surface area contributed by atoms with Crippen LogP contribution in [0.4, 0.5) is 0 Å². The first-order valence-electron chi connectivity index (χ1n) is 10.2. The van der Waals surface area contributed by atoms with Crippen molar-refractivity contribution in [2.75, 3.05) is 0 Å². The molecule has 1 aromatic heterocycles. The summed E-state index contributed by atoms with van der Waals surface area (Å²) in [5.74, 6) is -0.564. The van der Waals surface area contributed by atoms with Gasteiger partial charge in [-0.1, -0.05) is 36.8 Å². The topological polar surface area (TPSA) is 110 Å². The Bertz CT molecular complexity index is 1210. The highest BCUT2D eigenvalue weighted by Crippen LogP contribution is 2.36. The van der Waals surface area contributed by atoms with Gasteiger partial charge in [0.2, 0.25) is 10.0 Å². The first kappa shape index (κ1) is 21.7. The van der Waals surface area contributed by atoms with E-state index in [4.69, 9.17) is 10.1 Å². The third kappa shape index (κ3) is 4.87. The maximum Gasteiger partial charge on any atom is 0.336 e. The van der Waals surface area contributed by atoms with E-state index in [9.17, 15) is 18.3 Å². The minimum absolute atomic E-state index is 0.0496. The molecule has 0 spiro atoms. The fourth-order valence-corrected chi connectivity index (χ4v) is 5.63. The average Bonchev–Trinajstić information content (AvgIpc) is 3.13. The largest absolute Gasteiger partial charge is 0.478 e. The van der Waals surface area contributed by atoms with Crippen molar-refractivity contribution in [3.05, 3.63) is 80.8 Å². The quantitative estimate of drug-likeness (QED) is 0.529. The summed E-state index contributed by atoms with van der Waals surface area (Å²) in [5.41, 5.74) is 3.30. The Labute approximate surface area is 185 Å². The summed E-state index contributed by atoms with van der Waals surface area (Å²) in [6, 6.07) is 11.9. The van der Waals surface area contributed by atoms with Gasteiger partial charge in [0.25, 0.3) is 0 Å². The van der Waals surface area contributed by atoms with Crippen molar-refractivity contribution in [2.24, 2.45) is 5.14 Å². The molecule has 0 aliphatic heterocycles. The van der Waals surface area contributed by atoms with Crippen molar-refractivity contribution in [2.45, 2.75) is 49.3 Å². The molecule has 162 valence electrons. The van der Waals surface area contributed by atoms with Crippen LogP contribution >= 0.6 is 11.3 Å². The number of primary sulfonamides is 1. The van der Waals surface area contributed by atoms with Crippen LogP contribution in [0, 0.1) is 0 Å². The molecule has 0 atom stereocenters. The van der Waals surface area contributed by atoms with E-state index in [-0.39, 0.29) is 22.4 Å². The molecule has 3 N–H and O–H groups in total. The summed E-state index contributed by atoms with van der Waals surface area (Å²) in [7, 11) is -4.05. The summed E-state index contributed by atoms with van der Waals surface area (Å²) in [6.07, 6.45) is 5.44. The number of hydrogen-bond acceptors (Lipinski definition) is 5. The number of hydrogen-bond donors (Lipinski definition) is 2. The number of thiazole rings is 1. The van der Waals surface area contributed by atoms with E-state index in [0.717, 1.165) is 29.0 Å². The number of carboxylic acids is 1. The van der Waals surface area contributed by atoms with Gasteiger partial charge in [-0.3, -0.25) is 0 Å². The Morgan fingerprint density at radius 2 is 1.84 bits per heavy atom. The number of carbonyl (C=O) groups is 1. The Balaban J connectivity index is 1.59. The van der Waals surface area contributed by atoms with E-state index in [2.05, 4.69) is 5.38 Å². The van der Waals surface area contributed by atoms with Gasteiger partial charge >= 0.3 is 5.97 Å². The first-order chi connectivity index (χ1) is 14.8. The van der Waals surface area contributed by atoms with Gasteiger partial charge in [0.05, 0.1) is 21.2 Å². The lowest BCUT2D eigenvalue weighted by molar-refractivity contribution is 0.0695. The van der Waals surface area contributed by atoms with Crippen LogP contribution < -0.4 is 5.14 Å². The van der Waals surface area contributed by atoms with E-state index in [0.29, 0.717) is 5.92 Å². The zero-order valence-electron chi connectivity index (χ0n) is 17.0. The molecule has 8 heteroatoms. The molecule has 1 saturated carbocycles. The molecule has 0 saturated heterocycles. The summed E-state index contributed by atoms with van der Waals surface area (Å²) >= 11 is 1.68. The van der Waals surface area contributed by atoms with Crippen LogP contribution in [0.2, 0.25) is 0 Å². The Kier molecular flexibility index (Phi) is 6.22. The second kappa shape index (κ2) is 8.90. The van der Waals surface area contributed by atoms with Gasteiger partial charge in [-0.2, -0.15) is 0 Å². The highest BCUT2D eigenvalue weighted by atomic mass is 32.2. The SMILES string of the molecule is NS(=O)(=O)c1cccc(C(=O)O)c1Cc1ccccc1CCc1nc(C2CCC2)cs1.